The summed E-state index contributed by atoms with van der Waals surface area (Å²) < 4.78 is 5.13. The molecule has 0 saturated heterocycles. The second kappa shape index (κ2) is 3.71. The van der Waals surface area contributed by atoms with Gasteiger partial charge < -0.3 is 10.5 Å². The minimum atomic E-state index is -0.499. The van der Waals surface area contributed by atoms with Crippen LogP contribution in [0, 0.1) is 0 Å². The number of amides is 1. The molecule has 0 unspecified atom stereocenters. The van der Waals surface area contributed by atoms with Gasteiger partial charge in [-0.15, -0.1) is 0 Å². The molecule has 0 spiro atoms. The molecule has 4 nitrogen and oxygen atoms in total. The van der Waals surface area contributed by atoms with E-state index >= 15 is 0 Å². The summed E-state index contributed by atoms with van der Waals surface area (Å²) in [4.78, 5) is 14.6. The van der Waals surface area contributed by atoms with E-state index in [2.05, 4.69) is 4.98 Å². The molecule has 0 saturated carbocycles. The quantitative estimate of drug-likeness (QED) is 0.714. The zero-order valence-electron chi connectivity index (χ0n) is 6.78. The molecule has 0 aliphatic rings. The van der Waals surface area contributed by atoms with Crippen molar-refractivity contribution < 1.29 is 9.53 Å². The van der Waals surface area contributed by atoms with Gasteiger partial charge in [-0.25, -0.2) is 0 Å². The fraction of sp³-hybridized carbons (Fsp3) is 0.250. The molecule has 64 valence electrons. The van der Waals surface area contributed by atoms with Gasteiger partial charge in [-0.1, -0.05) is 0 Å². The van der Waals surface area contributed by atoms with E-state index in [1.165, 1.54) is 18.5 Å². The van der Waals surface area contributed by atoms with E-state index in [0.717, 1.165) is 0 Å². The van der Waals surface area contributed by atoms with E-state index in [9.17, 15) is 4.79 Å². The Morgan fingerprint density at radius 3 is 3.08 bits per heavy atom. The summed E-state index contributed by atoms with van der Waals surface area (Å²) in [5.74, 6) is -0.0617. The Hall–Kier alpha value is -1.58. The van der Waals surface area contributed by atoms with E-state index in [4.69, 9.17) is 10.5 Å². The smallest absolute Gasteiger partial charge is 0.252 e. The van der Waals surface area contributed by atoms with Crippen LogP contribution in [0.3, 0.4) is 0 Å². The van der Waals surface area contributed by atoms with E-state index < -0.39 is 5.91 Å². The molecule has 0 aliphatic heterocycles. The monoisotopic (exact) mass is 166 g/mol. The maximum Gasteiger partial charge on any atom is 0.252 e. The number of carbonyl (C=O) groups is 1. The van der Waals surface area contributed by atoms with Crippen molar-refractivity contribution in [2.45, 2.75) is 6.92 Å². The Kier molecular flexibility index (Phi) is 2.63. The number of rotatable bonds is 3. The maximum absolute atomic E-state index is 10.8. The highest BCUT2D eigenvalue weighted by atomic mass is 16.5. The number of pyridine rings is 1. The van der Waals surface area contributed by atoms with E-state index in [1.807, 2.05) is 6.92 Å². The molecule has 4 heteroatoms. The largest absolute Gasteiger partial charge is 0.491 e. The van der Waals surface area contributed by atoms with Crippen molar-refractivity contribution in [3.63, 3.8) is 0 Å². The normalized spacial score (nSPS) is 9.42. The standard InChI is InChI=1S/C8H10N2O2/c1-2-12-7-5-10-4-3-6(7)8(9)11/h3-5H,2H2,1H3,(H2,9,11). The van der Waals surface area contributed by atoms with Crippen LogP contribution >= 0.6 is 0 Å². The van der Waals surface area contributed by atoms with Crippen molar-refractivity contribution in [2.24, 2.45) is 5.73 Å². The van der Waals surface area contributed by atoms with Crippen molar-refractivity contribution >= 4 is 5.91 Å². The number of carbonyl (C=O) groups excluding carboxylic acids is 1. The van der Waals surface area contributed by atoms with Crippen LogP contribution in [0.15, 0.2) is 18.5 Å². The van der Waals surface area contributed by atoms with Gasteiger partial charge in [0.25, 0.3) is 5.91 Å². The van der Waals surface area contributed by atoms with Gasteiger partial charge >= 0.3 is 0 Å². The number of hydrogen-bond donors (Lipinski definition) is 1. The first-order chi connectivity index (χ1) is 5.75. The molecule has 0 bridgehead atoms. The molecular weight excluding hydrogens is 156 g/mol. The van der Waals surface area contributed by atoms with Crippen LogP contribution in [0.1, 0.15) is 17.3 Å². The number of nitrogens with zero attached hydrogens (tertiary/aromatic N) is 1. The lowest BCUT2D eigenvalue weighted by molar-refractivity contribution is 0.0996. The molecule has 1 heterocycles. The third-order valence-corrected chi connectivity index (χ3v) is 1.35. The lowest BCUT2D eigenvalue weighted by Crippen LogP contribution is -2.13. The highest BCUT2D eigenvalue weighted by Gasteiger charge is 2.07. The van der Waals surface area contributed by atoms with Gasteiger partial charge in [-0.2, -0.15) is 0 Å². The summed E-state index contributed by atoms with van der Waals surface area (Å²) >= 11 is 0. The van der Waals surface area contributed by atoms with Crippen LogP contribution in [0.2, 0.25) is 0 Å². The van der Waals surface area contributed by atoms with Crippen molar-refractivity contribution in [1.82, 2.24) is 4.98 Å². The van der Waals surface area contributed by atoms with E-state index in [-0.39, 0.29) is 0 Å². The number of nitrogens with two attached hydrogens (primary N) is 1. The predicted octanol–water partition coefficient (Wildman–Crippen LogP) is 0.579. The number of hydrogen-bond acceptors (Lipinski definition) is 3. The zero-order chi connectivity index (χ0) is 8.97. The van der Waals surface area contributed by atoms with Gasteiger partial charge in [0.05, 0.1) is 18.4 Å². The lowest BCUT2D eigenvalue weighted by atomic mass is 10.2. The molecule has 12 heavy (non-hydrogen) atoms. The van der Waals surface area contributed by atoms with Crippen molar-refractivity contribution in [2.75, 3.05) is 6.61 Å². The summed E-state index contributed by atoms with van der Waals surface area (Å²) in [6.07, 6.45) is 2.98. The Morgan fingerprint density at radius 2 is 2.50 bits per heavy atom. The van der Waals surface area contributed by atoms with Crippen molar-refractivity contribution in [3.8, 4) is 5.75 Å². The third-order valence-electron chi connectivity index (χ3n) is 1.35. The summed E-state index contributed by atoms with van der Waals surface area (Å²) in [7, 11) is 0. The molecule has 0 fully saturated rings. The molecule has 1 amide bonds. The van der Waals surface area contributed by atoms with Crippen LogP contribution in [0.25, 0.3) is 0 Å². The van der Waals surface area contributed by atoms with Crippen LogP contribution < -0.4 is 10.5 Å². The van der Waals surface area contributed by atoms with Gasteiger partial charge in [-0.05, 0) is 13.0 Å². The lowest BCUT2D eigenvalue weighted by Gasteiger charge is -2.05. The number of aromatic nitrogens is 1. The first-order valence-electron chi connectivity index (χ1n) is 3.62. The maximum atomic E-state index is 10.8. The summed E-state index contributed by atoms with van der Waals surface area (Å²) in [5, 5.41) is 0. The predicted molar refractivity (Wildman–Crippen MR) is 43.9 cm³/mol. The summed E-state index contributed by atoms with van der Waals surface area (Å²) in [5.41, 5.74) is 5.47. The first-order valence-corrected chi connectivity index (χ1v) is 3.62. The molecule has 0 aliphatic carbocycles. The minimum absolute atomic E-state index is 0.367. The number of primary amides is 1. The Morgan fingerprint density at radius 1 is 1.75 bits per heavy atom. The van der Waals surface area contributed by atoms with Gasteiger partial charge in [0.2, 0.25) is 0 Å². The molecule has 0 radical (unpaired) electrons. The van der Waals surface area contributed by atoms with Crippen molar-refractivity contribution in [3.05, 3.63) is 24.0 Å². The van der Waals surface area contributed by atoms with Crippen LogP contribution in [0.5, 0.6) is 5.75 Å². The molecule has 0 aromatic carbocycles. The molecule has 0 atom stereocenters. The Bertz CT molecular complexity index is 286. The fourth-order valence-corrected chi connectivity index (χ4v) is 0.854. The molecule has 1 rings (SSSR count). The second-order valence-corrected chi connectivity index (χ2v) is 2.17. The third kappa shape index (κ3) is 1.72. The first kappa shape index (κ1) is 8.52. The SMILES string of the molecule is CCOc1cnccc1C(N)=O. The minimum Gasteiger partial charge on any atom is -0.491 e. The zero-order valence-corrected chi connectivity index (χ0v) is 6.78. The molecular formula is C8H10N2O2. The fourth-order valence-electron chi connectivity index (χ4n) is 0.854. The Labute approximate surface area is 70.4 Å². The van der Waals surface area contributed by atoms with Crippen LogP contribution in [0.4, 0.5) is 0 Å². The number of ether oxygens (including phenoxy) is 1. The average Bonchev–Trinajstić information content (AvgIpc) is 2.05. The van der Waals surface area contributed by atoms with Gasteiger partial charge in [-0.3, -0.25) is 9.78 Å². The molecule has 2 N–H and O–H groups in total. The molecule has 1 aromatic heterocycles. The van der Waals surface area contributed by atoms with E-state index in [0.29, 0.717) is 17.9 Å². The topological polar surface area (TPSA) is 65.2 Å². The van der Waals surface area contributed by atoms with Gasteiger partial charge in [0.1, 0.15) is 5.75 Å². The van der Waals surface area contributed by atoms with Gasteiger partial charge in [0.15, 0.2) is 0 Å². The second-order valence-electron chi connectivity index (χ2n) is 2.17. The summed E-state index contributed by atoms with van der Waals surface area (Å²) in [6, 6.07) is 1.54. The highest BCUT2D eigenvalue weighted by Crippen LogP contribution is 2.14. The van der Waals surface area contributed by atoms with Crippen LogP contribution in [-0.4, -0.2) is 17.5 Å². The average molecular weight is 166 g/mol. The molecule has 1 aromatic rings. The van der Waals surface area contributed by atoms with E-state index in [1.54, 1.807) is 0 Å². The van der Waals surface area contributed by atoms with Crippen molar-refractivity contribution in [1.29, 1.82) is 0 Å². The van der Waals surface area contributed by atoms with Gasteiger partial charge in [0, 0.05) is 6.20 Å². The Balaban J connectivity index is 3.00. The highest BCUT2D eigenvalue weighted by molar-refractivity contribution is 5.95. The van der Waals surface area contributed by atoms with Crippen LogP contribution in [-0.2, 0) is 0 Å². The summed E-state index contributed by atoms with van der Waals surface area (Å²) in [6.45, 7) is 2.32.